The van der Waals surface area contributed by atoms with Crippen LogP contribution in [0.5, 0.6) is 0 Å². The van der Waals surface area contributed by atoms with Gasteiger partial charge in [-0.2, -0.15) is 0 Å². The van der Waals surface area contributed by atoms with Gasteiger partial charge in [0.05, 0.1) is 18.6 Å². The molecule has 27 nitrogen and oxygen atoms in total. The molecule has 0 bridgehead atoms. The third-order valence-corrected chi connectivity index (χ3v) is 11.7. The van der Waals surface area contributed by atoms with Crippen molar-refractivity contribution in [2.24, 2.45) is 52.3 Å². The molecule has 0 saturated carbocycles. The Morgan fingerprint density at radius 3 is 1.19 bits per heavy atom. The summed E-state index contributed by atoms with van der Waals surface area (Å²) in [7, 11) is 0. The molecule has 74 heavy (non-hydrogen) atoms. The molecule has 0 aromatic heterocycles. The molecule has 0 unspecified atom stereocenters. The van der Waals surface area contributed by atoms with E-state index in [2.05, 4.69) is 42.5 Å². The van der Waals surface area contributed by atoms with E-state index in [1.54, 1.807) is 55.4 Å². The molecule has 0 aliphatic carbocycles. The molecule has 0 aromatic rings. The molecule has 0 aliphatic rings. The molecule has 0 heterocycles. The molecule has 0 radical (unpaired) electrons. The van der Waals surface area contributed by atoms with Crippen LogP contribution in [0.2, 0.25) is 0 Å². The number of unbranched alkanes of at least 4 members (excludes halogenated alkanes) is 1. The maximum atomic E-state index is 14.2. The summed E-state index contributed by atoms with van der Waals surface area (Å²) in [6.45, 7) is 14.9. The Balaban J connectivity index is 6.77. The van der Waals surface area contributed by atoms with Gasteiger partial charge in [-0.25, -0.2) is 4.79 Å². The van der Waals surface area contributed by atoms with Gasteiger partial charge in [0.2, 0.25) is 65.0 Å². The summed E-state index contributed by atoms with van der Waals surface area (Å²) in [5.74, 6) is -13.0. The molecule has 0 spiro atoms. The van der Waals surface area contributed by atoms with Crippen LogP contribution in [0, 0.1) is 23.7 Å². The molecule has 20 N–H and O–H groups in total. The summed E-state index contributed by atoms with van der Waals surface area (Å²) in [5, 5.41) is 40.3. The largest absolute Gasteiger partial charge is 0.480 e. The number of carbonyl (C=O) groups excluding carboxylic acids is 11. The van der Waals surface area contributed by atoms with Crippen molar-refractivity contribution in [3.63, 3.8) is 0 Å². The number of hydrogen-bond acceptors (Lipinski definition) is 15. The fourth-order valence-corrected chi connectivity index (χ4v) is 7.32. The minimum atomic E-state index is -1.87. The first-order valence-corrected chi connectivity index (χ1v) is 25.0. The van der Waals surface area contributed by atoms with Gasteiger partial charge in [-0.1, -0.05) is 61.8 Å². The van der Waals surface area contributed by atoms with Crippen molar-refractivity contribution in [2.75, 3.05) is 6.54 Å². The van der Waals surface area contributed by atoms with Crippen LogP contribution in [0.3, 0.4) is 0 Å². The summed E-state index contributed by atoms with van der Waals surface area (Å²) < 4.78 is 0. The van der Waals surface area contributed by atoms with Crippen molar-refractivity contribution < 1.29 is 67.7 Å². The summed E-state index contributed by atoms with van der Waals surface area (Å²) in [5.41, 5.74) is 27.3. The van der Waals surface area contributed by atoms with E-state index < -0.39 is 175 Å². The van der Waals surface area contributed by atoms with Crippen molar-refractivity contribution >= 4 is 70.9 Å². The van der Waals surface area contributed by atoms with Crippen LogP contribution in [0.25, 0.3) is 0 Å². The lowest BCUT2D eigenvalue weighted by molar-refractivity contribution is -0.143. The van der Waals surface area contributed by atoms with Crippen LogP contribution < -0.4 is 71.2 Å². The number of nitrogens with one attached hydrogen (secondary N) is 8. The number of aliphatic hydroxyl groups is 1. The normalized spacial score (nSPS) is 15.8. The van der Waals surface area contributed by atoms with Gasteiger partial charge in [-0.3, -0.25) is 52.7 Å². The molecular formula is C47H85N13O14. The zero-order chi connectivity index (χ0) is 57.2. The minimum absolute atomic E-state index is 0.0128. The molecular weight excluding hydrogens is 971 g/mol. The number of carboxylic acids is 1. The third kappa shape index (κ3) is 26.0. The Bertz CT molecular complexity index is 1930. The van der Waals surface area contributed by atoms with E-state index in [9.17, 15) is 67.7 Å². The number of aliphatic carboxylic acids is 1. The number of amides is 11. The number of aliphatic hydroxyl groups excluding tert-OH is 1. The van der Waals surface area contributed by atoms with Crippen LogP contribution in [-0.2, 0) is 57.5 Å². The molecule has 0 rings (SSSR count). The van der Waals surface area contributed by atoms with Crippen LogP contribution in [0.15, 0.2) is 0 Å². The maximum absolute atomic E-state index is 14.2. The summed E-state index contributed by atoms with van der Waals surface area (Å²) in [4.78, 5) is 157. The maximum Gasteiger partial charge on any atom is 0.326 e. The Morgan fingerprint density at radius 2 is 0.824 bits per heavy atom. The van der Waals surface area contributed by atoms with Crippen LogP contribution in [0.4, 0.5) is 0 Å². The number of primary amides is 3. The lowest BCUT2D eigenvalue weighted by Crippen LogP contribution is -2.62. The van der Waals surface area contributed by atoms with E-state index in [0.29, 0.717) is 19.3 Å². The zero-order valence-corrected chi connectivity index (χ0v) is 44.2. The topological polar surface area (TPSA) is 472 Å². The number of carbonyl (C=O) groups is 12. The second-order valence-electron chi connectivity index (χ2n) is 19.8. The standard InChI is InChI=1S/C47H85N13O14/c1-10-25(8)37(45(71)57-32(20-23(4)5)44(70)53-28(13-11-12-18-48)40(66)58-36(24(6)7)47(73)74)59-41(67)30(15-17-34(51)63)55-46(72)38(26(9)61)60-42(68)29(14-16-33(50)62)54-43(69)31(19-22(2)3)56-39(65)27(49)21-35(52)64/h22-32,36-38,61H,10-21,48-49H2,1-9H3,(H2,50,62)(H2,51,63)(H2,52,64)(H,53,70)(H,54,69)(H,55,72)(H,56,65)(H,57,71)(H,58,66)(H,59,67)(H,60,68)(H,73,74)/t25-,26+,27-,28-,29-,30-,31-,32-,36-,37-,38-/m0/s1. The average molecular weight is 1060 g/mol. The zero-order valence-electron chi connectivity index (χ0n) is 44.2. The van der Waals surface area contributed by atoms with Gasteiger partial charge in [0, 0.05) is 12.8 Å². The average Bonchev–Trinajstić information content (AvgIpc) is 3.29. The van der Waals surface area contributed by atoms with Gasteiger partial charge in [0.25, 0.3) is 0 Å². The van der Waals surface area contributed by atoms with Crippen LogP contribution in [-0.4, -0.2) is 148 Å². The highest BCUT2D eigenvalue weighted by molar-refractivity contribution is 5.99. The SMILES string of the molecule is CC[C@H](C)[C@H](NC(=O)[C@H](CCC(N)=O)NC(=O)[C@@H](NC(=O)[C@H](CCC(N)=O)NC(=O)[C@H](CC(C)C)NC(=O)[C@@H](N)CC(N)=O)[C@@H](C)O)C(=O)N[C@@H](CC(C)C)C(=O)N[C@@H](CCCCN)C(=O)N[C@H](C(=O)O)C(C)C. The van der Waals surface area contributed by atoms with Crippen molar-refractivity contribution in [2.45, 2.75) is 193 Å². The van der Waals surface area contributed by atoms with E-state index in [1.807, 2.05) is 0 Å². The summed E-state index contributed by atoms with van der Waals surface area (Å²) >= 11 is 0. The highest BCUT2D eigenvalue weighted by Crippen LogP contribution is 2.14. The molecule has 27 heteroatoms. The van der Waals surface area contributed by atoms with Gasteiger partial charge in [-0.15, -0.1) is 0 Å². The number of carboxylic acid groups (broad SMARTS) is 1. The van der Waals surface area contributed by atoms with Crippen molar-refractivity contribution in [1.29, 1.82) is 0 Å². The molecule has 0 aromatic carbocycles. The molecule has 11 amide bonds. The van der Waals surface area contributed by atoms with Gasteiger partial charge < -0.3 is 81.4 Å². The highest BCUT2D eigenvalue weighted by Gasteiger charge is 2.38. The fourth-order valence-electron chi connectivity index (χ4n) is 7.32. The Kier molecular flexibility index (Phi) is 31.1. The van der Waals surface area contributed by atoms with Gasteiger partial charge in [-0.05, 0) is 82.1 Å². The van der Waals surface area contributed by atoms with Gasteiger partial charge >= 0.3 is 5.97 Å². The monoisotopic (exact) mass is 1060 g/mol. The van der Waals surface area contributed by atoms with Gasteiger partial charge in [0.15, 0.2) is 0 Å². The quantitative estimate of drug-likeness (QED) is 0.0264. The van der Waals surface area contributed by atoms with Crippen molar-refractivity contribution in [3.05, 3.63) is 0 Å². The van der Waals surface area contributed by atoms with Gasteiger partial charge in [0.1, 0.15) is 48.3 Å². The third-order valence-electron chi connectivity index (χ3n) is 11.7. The first-order chi connectivity index (χ1) is 34.4. The minimum Gasteiger partial charge on any atom is -0.480 e. The first-order valence-electron chi connectivity index (χ1n) is 25.0. The summed E-state index contributed by atoms with van der Waals surface area (Å²) in [6.07, 6.45) is -2.71. The predicted octanol–water partition coefficient (Wildman–Crippen LogP) is -4.01. The van der Waals surface area contributed by atoms with E-state index in [4.69, 9.17) is 28.7 Å². The van der Waals surface area contributed by atoms with E-state index >= 15 is 0 Å². The Morgan fingerprint density at radius 1 is 0.459 bits per heavy atom. The smallest absolute Gasteiger partial charge is 0.326 e. The lowest BCUT2D eigenvalue weighted by Gasteiger charge is -2.30. The molecule has 0 aliphatic heterocycles. The van der Waals surface area contributed by atoms with Crippen molar-refractivity contribution in [1.82, 2.24) is 42.5 Å². The predicted molar refractivity (Wildman–Crippen MR) is 270 cm³/mol. The molecule has 0 fully saturated rings. The summed E-state index contributed by atoms with van der Waals surface area (Å²) in [6, 6.07) is -13.0. The van der Waals surface area contributed by atoms with E-state index in [1.165, 1.54) is 0 Å². The second-order valence-corrected chi connectivity index (χ2v) is 19.8. The van der Waals surface area contributed by atoms with E-state index in [0.717, 1.165) is 6.92 Å². The molecule has 11 atom stereocenters. The van der Waals surface area contributed by atoms with Crippen molar-refractivity contribution in [3.8, 4) is 0 Å². The molecule has 422 valence electrons. The molecule has 0 saturated heterocycles. The number of hydrogen-bond donors (Lipinski definition) is 15. The first kappa shape index (κ1) is 67.5. The van der Waals surface area contributed by atoms with Crippen LogP contribution >= 0.6 is 0 Å². The van der Waals surface area contributed by atoms with Crippen LogP contribution in [0.1, 0.15) is 133 Å². The number of nitrogens with two attached hydrogens (primary N) is 5. The Hall–Kier alpha value is -6.48. The fraction of sp³-hybridized carbons (Fsp3) is 0.745. The second kappa shape index (κ2) is 34.1. The lowest BCUT2D eigenvalue weighted by atomic mass is 9.96. The Labute approximate surface area is 432 Å². The highest BCUT2D eigenvalue weighted by atomic mass is 16.4. The number of rotatable bonds is 37. The van der Waals surface area contributed by atoms with E-state index in [-0.39, 0.29) is 37.6 Å².